The van der Waals surface area contributed by atoms with Crippen molar-refractivity contribution >= 4 is 21.8 Å². The summed E-state index contributed by atoms with van der Waals surface area (Å²) in [5, 5.41) is 2.43. The molecule has 53 heavy (non-hydrogen) atoms. The number of fused-ring (bicyclic) bond motifs is 5. The van der Waals surface area contributed by atoms with Crippen LogP contribution in [0.2, 0.25) is 0 Å². The Balaban J connectivity index is 0.00000372. The largest absolute Gasteiger partial charge is 2.00 e. The van der Waals surface area contributed by atoms with E-state index in [2.05, 4.69) is 95.6 Å². The first-order valence-corrected chi connectivity index (χ1v) is 17.2. The van der Waals surface area contributed by atoms with Crippen LogP contribution in [0.1, 0.15) is 22.4 Å². The summed E-state index contributed by atoms with van der Waals surface area (Å²) < 4.78 is 15.3. The number of nitrogens with zero attached hydrogens (tertiary/aromatic N) is 3. The Bertz CT molecular complexity index is 2680. The van der Waals surface area contributed by atoms with Gasteiger partial charge in [-0.15, -0.1) is 41.5 Å². The molecule has 6 heteroatoms. The van der Waals surface area contributed by atoms with Crippen LogP contribution in [0.5, 0.6) is 23.0 Å². The molecule has 0 aliphatic carbocycles. The summed E-state index contributed by atoms with van der Waals surface area (Å²) in [6.07, 6.45) is 3.69. The number of pyridine rings is 2. The molecule has 0 bridgehead atoms. The molecule has 1 aliphatic rings. The molecule has 0 amide bonds. The van der Waals surface area contributed by atoms with Crippen LogP contribution in [0.3, 0.4) is 0 Å². The van der Waals surface area contributed by atoms with Gasteiger partial charge >= 0.3 is 21.1 Å². The fraction of sp³-hybridized carbons (Fsp3) is 0.0213. The summed E-state index contributed by atoms with van der Waals surface area (Å²) in [4.78, 5) is 9.70. The minimum Gasteiger partial charge on any atom is -0.503 e. The van der Waals surface area contributed by atoms with E-state index in [1.807, 2.05) is 97.3 Å². The molecule has 0 spiro atoms. The van der Waals surface area contributed by atoms with Crippen molar-refractivity contribution in [1.29, 1.82) is 0 Å². The average Bonchev–Trinajstić information content (AvgIpc) is 3.55. The Morgan fingerprint density at radius 1 is 0.547 bits per heavy atom. The summed E-state index contributed by atoms with van der Waals surface area (Å²) in [6.45, 7) is 0. The third-order valence-electron chi connectivity index (χ3n) is 9.87. The Morgan fingerprint density at radius 3 is 1.87 bits per heavy atom. The van der Waals surface area contributed by atoms with Crippen LogP contribution < -0.4 is 9.47 Å². The number of rotatable bonds is 6. The minimum absolute atomic E-state index is 0. The molecule has 6 aromatic carbocycles. The summed E-state index contributed by atoms with van der Waals surface area (Å²) in [6, 6.07) is 62.6. The first-order chi connectivity index (χ1) is 25.8. The van der Waals surface area contributed by atoms with Crippen LogP contribution in [0, 0.1) is 12.1 Å². The van der Waals surface area contributed by atoms with Crippen molar-refractivity contribution < 1.29 is 30.5 Å². The summed E-state index contributed by atoms with van der Waals surface area (Å²) >= 11 is 0. The van der Waals surface area contributed by atoms with E-state index in [1.54, 1.807) is 0 Å². The van der Waals surface area contributed by atoms with Gasteiger partial charge in [-0.1, -0.05) is 91.0 Å². The van der Waals surface area contributed by atoms with Crippen LogP contribution >= 0.6 is 0 Å². The van der Waals surface area contributed by atoms with Gasteiger partial charge < -0.3 is 19.0 Å². The summed E-state index contributed by atoms with van der Waals surface area (Å²) in [5.41, 5.74) is 7.89. The smallest absolute Gasteiger partial charge is 0.503 e. The second kappa shape index (κ2) is 13.4. The molecule has 254 valence electrons. The predicted molar refractivity (Wildman–Crippen MR) is 204 cm³/mol. The van der Waals surface area contributed by atoms with E-state index in [0.29, 0.717) is 11.5 Å². The topological polar surface area (TPSA) is 49.2 Å². The second-order valence-electron chi connectivity index (χ2n) is 12.8. The van der Waals surface area contributed by atoms with E-state index < -0.39 is 5.41 Å². The molecular weight excluding hydrogens is 834 g/mol. The summed E-state index contributed by atoms with van der Waals surface area (Å²) in [5.74, 6) is 2.69. The fourth-order valence-corrected chi connectivity index (χ4v) is 7.69. The average molecular weight is 863 g/mol. The van der Waals surface area contributed by atoms with Gasteiger partial charge in [-0.25, -0.2) is 0 Å². The van der Waals surface area contributed by atoms with Gasteiger partial charge in [-0.05, 0) is 48.2 Å². The van der Waals surface area contributed by atoms with E-state index in [4.69, 9.17) is 19.4 Å². The molecule has 0 N–H and O–H groups in total. The monoisotopic (exact) mass is 862 g/mol. The van der Waals surface area contributed by atoms with Gasteiger partial charge in [0.05, 0.1) is 22.1 Å². The third kappa shape index (κ3) is 5.35. The molecule has 5 nitrogen and oxygen atoms in total. The zero-order chi connectivity index (χ0) is 34.5. The maximum atomic E-state index is 6.55. The number of hydrogen-bond acceptors (Lipinski definition) is 4. The van der Waals surface area contributed by atoms with Crippen LogP contribution in [-0.4, -0.2) is 14.5 Å². The van der Waals surface area contributed by atoms with Gasteiger partial charge in [-0.2, -0.15) is 12.1 Å². The normalized spacial score (nSPS) is 12.7. The number of benzene rings is 6. The molecule has 3 aromatic heterocycles. The van der Waals surface area contributed by atoms with Crippen LogP contribution in [0.15, 0.2) is 176 Å². The van der Waals surface area contributed by atoms with Gasteiger partial charge in [0.1, 0.15) is 11.5 Å². The minimum atomic E-state index is -0.797. The maximum Gasteiger partial charge on any atom is 2.00 e. The molecule has 1 aliphatic heterocycles. The van der Waals surface area contributed by atoms with Gasteiger partial charge in [0.15, 0.2) is 0 Å². The van der Waals surface area contributed by atoms with Crippen molar-refractivity contribution in [3.63, 3.8) is 0 Å². The first kappa shape index (κ1) is 32.6. The Kier molecular flexibility index (Phi) is 8.22. The SMILES string of the molecule is [Pt+2].[c-]1c(Oc2[c-]c(C3(c4ccccn4)c4ccccc4Oc4ccccc43)ccc2)cccc1-c1cc(-n2c3ccccc3c3ccccc32)ccn1. The molecule has 10 rings (SSSR count). The molecule has 9 aromatic rings. The van der Waals surface area contributed by atoms with Crippen molar-refractivity contribution in [3.8, 4) is 39.9 Å². The molecule has 0 saturated heterocycles. The summed E-state index contributed by atoms with van der Waals surface area (Å²) in [7, 11) is 0. The molecule has 4 heterocycles. The van der Waals surface area contributed by atoms with Crippen molar-refractivity contribution in [2.24, 2.45) is 0 Å². The Morgan fingerprint density at radius 2 is 1.17 bits per heavy atom. The molecule has 0 atom stereocenters. The second-order valence-corrected chi connectivity index (χ2v) is 12.8. The Labute approximate surface area is 321 Å². The number of hydrogen-bond donors (Lipinski definition) is 0. The molecule has 0 unspecified atom stereocenters. The number of ether oxygens (including phenoxy) is 2. The Hall–Kier alpha value is -6.29. The van der Waals surface area contributed by atoms with Crippen molar-refractivity contribution in [2.75, 3.05) is 0 Å². The van der Waals surface area contributed by atoms with Crippen LogP contribution in [0.25, 0.3) is 38.8 Å². The molecule has 0 radical (unpaired) electrons. The van der Waals surface area contributed by atoms with Crippen LogP contribution in [-0.2, 0) is 26.5 Å². The van der Waals surface area contributed by atoms with Crippen molar-refractivity contribution in [2.45, 2.75) is 5.41 Å². The third-order valence-corrected chi connectivity index (χ3v) is 9.87. The van der Waals surface area contributed by atoms with Crippen molar-refractivity contribution in [1.82, 2.24) is 14.5 Å². The van der Waals surface area contributed by atoms with E-state index in [-0.39, 0.29) is 21.1 Å². The zero-order valence-corrected chi connectivity index (χ0v) is 30.5. The van der Waals surface area contributed by atoms with Gasteiger partial charge in [0.2, 0.25) is 0 Å². The van der Waals surface area contributed by atoms with Gasteiger partial charge in [0, 0.05) is 51.5 Å². The van der Waals surface area contributed by atoms with E-state index >= 15 is 0 Å². The van der Waals surface area contributed by atoms with E-state index in [0.717, 1.165) is 61.9 Å². The fourth-order valence-electron chi connectivity index (χ4n) is 7.69. The van der Waals surface area contributed by atoms with Crippen LogP contribution in [0.4, 0.5) is 0 Å². The van der Waals surface area contributed by atoms with Gasteiger partial charge in [0.25, 0.3) is 0 Å². The first-order valence-electron chi connectivity index (χ1n) is 17.2. The number of aromatic nitrogens is 3. The maximum absolute atomic E-state index is 6.55. The zero-order valence-electron chi connectivity index (χ0n) is 28.2. The predicted octanol–water partition coefficient (Wildman–Crippen LogP) is 11.1. The number of para-hydroxylation sites is 4. The van der Waals surface area contributed by atoms with E-state index in [9.17, 15) is 0 Å². The van der Waals surface area contributed by atoms with E-state index in [1.165, 1.54) is 10.8 Å². The molecule has 0 fully saturated rings. The van der Waals surface area contributed by atoms with Crippen molar-refractivity contribution in [3.05, 3.63) is 211 Å². The van der Waals surface area contributed by atoms with Gasteiger partial charge in [-0.3, -0.25) is 4.98 Å². The molecule has 0 saturated carbocycles. The molecular formula is C47H29N3O2Pt. The standard InChI is InChI=1S/C47H29N3O2.Pt/c1-5-21-42-37(17-1)38-18-2-6-22-43(38)50(42)34-26-28-48-41(31-34)32-13-11-15-35(29-32)51-36-16-12-14-33(30-36)47(46-25-9-10-27-49-46)39-19-3-7-23-44(39)52-45-24-8-4-20-40(45)47;/h1-28,31H;/q-2;+2. The quantitative estimate of drug-likeness (QED) is 0.156.